The van der Waals surface area contributed by atoms with Crippen molar-refractivity contribution in [1.29, 1.82) is 0 Å². The van der Waals surface area contributed by atoms with E-state index in [1.54, 1.807) is 0 Å². The van der Waals surface area contributed by atoms with Gasteiger partial charge in [-0.25, -0.2) is 4.98 Å². The predicted molar refractivity (Wildman–Crippen MR) is 99.7 cm³/mol. The summed E-state index contributed by atoms with van der Waals surface area (Å²) in [6.07, 6.45) is 1.57. The van der Waals surface area contributed by atoms with Gasteiger partial charge in [0.1, 0.15) is 0 Å². The zero-order chi connectivity index (χ0) is 17.6. The van der Waals surface area contributed by atoms with Crippen LogP contribution in [0.4, 0.5) is 5.95 Å². The molecular weight excluding hydrogens is 316 g/mol. The molecule has 6 nitrogen and oxygen atoms in total. The second-order valence-electron chi connectivity index (χ2n) is 6.48. The van der Waals surface area contributed by atoms with Crippen LogP contribution in [0.5, 0.6) is 0 Å². The van der Waals surface area contributed by atoms with Crippen molar-refractivity contribution >= 4 is 22.9 Å². The van der Waals surface area contributed by atoms with Gasteiger partial charge >= 0.3 is 0 Å². The SMILES string of the molecule is CCN(CC)CCn1c(NC(=O)C2CCOCC2)nc2ccccc21. The van der Waals surface area contributed by atoms with Gasteiger partial charge < -0.3 is 14.2 Å². The van der Waals surface area contributed by atoms with Crippen LogP contribution in [0.1, 0.15) is 26.7 Å². The van der Waals surface area contributed by atoms with Crippen LogP contribution >= 0.6 is 0 Å². The molecule has 0 aliphatic carbocycles. The van der Waals surface area contributed by atoms with Crippen LogP contribution < -0.4 is 5.32 Å². The molecule has 25 heavy (non-hydrogen) atoms. The molecule has 1 N–H and O–H groups in total. The van der Waals surface area contributed by atoms with Crippen molar-refractivity contribution < 1.29 is 9.53 Å². The van der Waals surface area contributed by atoms with Gasteiger partial charge in [-0.05, 0) is 38.1 Å². The average Bonchev–Trinajstić information content (AvgIpc) is 3.00. The quantitative estimate of drug-likeness (QED) is 0.839. The number of aromatic nitrogens is 2. The molecule has 1 fully saturated rings. The molecular formula is C19H28N4O2. The highest BCUT2D eigenvalue weighted by Crippen LogP contribution is 2.22. The Morgan fingerprint density at radius 1 is 1.28 bits per heavy atom. The lowest BCUT2D eigenvalue weighted by atomic mass is 10.00. The summed E-state index contributed by atoms with van der Waals surface area (Å²) in [6.45, 7) is 9.46. The van der Waals surface area contributed by atoms with E-state index in [4.69, 9.17) is 4.74 Å². The van der Waals surface area contributed by atoms with E-state index in [1.807, 2.05) is 18.2 Å². The van der Waals surface area contributed by atoms with E-state index < -0.39 is 0 Å². The van der Waals surface area contributed by atoms with E-state index in [0.29, 0.717) is 19.2 Å². The number of fused-ring (bicyclic) bond motifs is 1. The Morgan fingerprint density at radius 3 is 2.72 bits per heavy atom. The third-order valence-electron chi connectivity index (χ3n) is 5.02. The van der Waals surface area contributed by atoms with E-state index in [-0.39, 0.29) is 11.8 Å². The zero-order valence-corrected chi connectivity index (χ0v) is 15.2. The number of anilines is 1. The molecule has 0 atom stereocenters. The number of hydrogen-bond donors (Lipinski definition) is 1. The largest absolute Gasteiger partial charge is 0.381 e. The normalized spacial score (nSPS) is 15.8. The van der Waals surface area contributed by atoms with Crippen molar-refractivity contribution in [2.75, 3.05) is 38.2 Å². The van der Waals surface area contributed by atoms with Crippen LogP contribution in [0.2, 0.25) is 0 Å². The van der Waals surface area contributed by atoms with Crippen LogP contribution in [-0.2, 0) is 16.1 Å². The van der Waals surface area contributed by atoms with Crippen molar-refractivity contribution in [2.45, 2.75) is 33.2 Å². The maximum Gasteiger partial charge on any atom is 0.229 e. The molecule has 2 heterocycles. The number of ether oxygens (including phenoxy) is 1. The summed E-state index contributed by atoms with van der Waals surface area (Å²) in [6, 6.07) is 8.05. The molecule has 0 spiro atoms. The molecule has 1 aromatic carbocycles. The first kappa shape index (κ1) is 17.9. The summed E-state index contributed by atoms with van der Waals surface area (Å²) in [5, 5.41) is 3.07. The van der Waals surface area contributed by atoms with Gasteiger partial charge in [0.05, 0.1) is 11.0 Å². The number of likely N-dealkylation sites (N-methyl/N-ethyl adjacent to an activating group) is 1. The fraction of sp³-hybridized carbons (Fsp3) is 0.579. The number of para-hydroxylation sites is 2. The van der Waals surface area contributed by atoms with Crippen molar-refractivity contribution in [3.05, 3.63) is 24.3 Å². The fourth-order valence-electron chi connectivity index (χ4n) is 3.35. The molecule has 0 unspecified atom stereocenters. The summed E-state index contributed by atoms with van der Waals surface area (Å²) in [5.74, 6) is 0.734. The summed E-state index contributed by atoms with van der Waals surface area (Å²) >= 11 is 0. The van der Waals surface area contributed by atoms with Crippen LogP contribution in [-0.4, -0.2) is 53.2 Å². The van der Waals surface area contributed by atoms with Crippen molar-refractivity contribution in [2.24, 2.45) is 5.92 Å². The molecule has 1 aliphatic heterocycles. The number of amides is 1. The Bertz CT molecular complexity index is 703. The lowest BCUT2D eigenvalue weighted by Gasteiger charge is -2.22. The molecule has 0 radical (unpaired) electrons. The molecule has 1 saturated heterocycles. The zero-order valence-electron chi connectivity index (χ0n) is 15.2. The Kier molecular flexibility index (Phi) is 6.04. The second-order valence-corrected chi connectivity index (χ2v) is 6.48. The summed E-state index contributed by atoms with van der Waals surface area (Å²) < 4.78 is 7.48. The first-order valence-electron chi connectivity index (χ1n) is 9.29. The number of carbonyl (C=O) groups excluding carboxylic acids is 1. The Hall–Kier alpha value is -1.92. The van der Waals surface area contributed by atoms with Crippen molar-refractivity contribution in [3.8, 4) is 0 Å². The molecule has 1 aromatic heterocycles. The number of nitrogens with zero attached hydrogens (tertiary/aromatic N) is 3. The van der Waals surface area contributed by atoms with Crippen LogP contribution in [0.15, 0.2) is 24.3 Å². The van der Waals surface area contributed by atoms with Gasteiger partial charge in [-0.15, -0.1) is 0 Å². The van der Waals surface area contributed by atoms with Crippen LogP contribution in [0.25, 0.3) is 11.0 Å². The average molecular weight is 344 g/mol. The topological polar surface area (TPSA) is 59.4 Å². The first-order valence-corrected chi connectivity index (χ1v) is 9.29. The third-order valence-corrected chi connectivity index (χ3v) is 5.02. The fourth-order valence-corrected chi connectivity index (χ4v) is 3.35. The molecule has 6 heteroatoms. The van der Waals surface area contributed by atoms with E-state index >= 15 is 0 Å². The lowest BCUT2D eigenvalue weighted by Crippen LogP contribution is -2.31. The highest BCUT2D eigenvalue weighted by atomic mass is 16.5. The van der Waals surface area contributed by atoms with Crippen LogP contribution in [0.3, 0.4) is 0 Å². The van der Waals surface area contributed by atoms with Gasteiger partial charge in [-0.3, -0.25) is 10.1 Å². The van der Waals surface area contributed by atoms with Gasteiger partial charge in [0.25, 0.3) is 0 Å². The van der Waals surface area contributed by atoms with Crippen LogP contribution in [0, 0.1) is 5.92 Å². The number of imidazole rings is 1. The van der Waals surface area contributed by atoms with E-state index in [9.17, 15) is 4.79 Å². The minimum absolute atomic E-state index is 0.0183. The Balaban J connectivity index is 1.80. The van der Waals surface area contributed by atoms with E-state index in [1.165, 1.54) is 0 Å². The molecule has 136 valence electrons. The number of rotatable bonds is 7. The van der Waals surface area contributed by atoms with Gasteiger partial charge in [0.15, 0.2) is 0 Å². The molecule has 2 aromatic rings. The van der Waals surface area contributed by atoms with Gasteiger partial charge in [-0.1, -0.05) is 26.0 Å². The third kappa shape index (κ3) is 4.19. The lowest BCUT2D eigenvalue weighted by molar-refractivity contribution is -0.122. The number of benzene rings is 1. The summed E-state index contributed by atoms with van der Waals surface area (Å²) in [5.41, 5.74) is 1.99. The summed E-state index contributed by atoms with van der Waals surface area (Å²) in [7, 11) is 0. The Labute approximate surface area is 149 Å². The van der Waals surface area contributed by atoms with Gasteiger partial charge in [0.2, 0.25) is 11.9 Å². The highest BCUT2D eigenvalue weighted by molar-refractivity contribution is 5.93. The predicted octanol–water partition coefficient (Wildman–Crippen LogP) is 2.74. The molecule has 0 bridgehead atoms. The van der Waals surface area contributed by atoms with E-state index in [2.05, 4.69) is 39.7 Å². The Morgan fingerprint density at radius 2 is 2.00 bits per heavy atom. The monoisotopic (exact) mass is 344 g/mol. The minimum atomic E-state index is 0.0183. The smallest absolute Gasteiger partial charge is 0.229 e. The van der Waals surface area contributed by atoms with Crippen molar-refractivity contribution in [1.82, 2.24) is 14.5 Å². The standard InChI is InChI=1S/C19H28N4O2/c1-3-22(4-2)11-12-23-17-8-6-5-7-16(17)20-19(23)21-18(24)15-9-13-25-14-10-15/h5-8,15H,3-4,9-14H2,1-2H3,(H,20,21,24). The second kappa shape index (κ2) is 8.45. The van der Waals surface area contributed by atoms with Gasteiger partial charge in [0, 0.05) is 32.2 Å². The van der Waals surface area contributed by atoms with Crippen molar-refractivity contribution in [3.63, 3.8) is 0 Å². The number of hydrogen-bond acceptors (Lipinski definition) is 4. The minimum Gasteiger partial charge on any atom is -0.381 e. The molecule has 3 rings (SSSR count). The molecule has 1 amide bonds. The highest BCUT2D eigenvalue weighted by Gasteiger charge is 2.23. The number of nitrogens with one attached hydrogen (secondary N) is 1. The summed E-state index contributed by atoms with van der Waals surface area (Å²) in [4.78, 5) is 19.6. The maximum absolute atomic E-state index is 12.6. The molecule has 0 saturated carbocycles. The molecule has 1 aliphatic rings. The number of carbonyl (C=O) groups is 1. The first-order chi connectivity index (χ1) is 12.2. The maximum atomic E-state index is 12.6. The van der Waals surface area contributed by atoms with E-state index in [0.717, 1.165) is 50.1 Å². The van der Waals surface area contributed by atoms with Gasteiger partial charge in [-0.2, -0.15) is 0 Å².